The molecule has 3 aromatic carbocycles. The van der Waals surface area contributed by atoms with Crippen molar-refractivity contribution in [1.82, 2.24) is 9.80 Å². The molecule has 3 aliphatic heterocycles. The van der Waals surface area contributed by atoms with Crippen molar-refractivity contribution < 1.29 is 36.9 Å². The molecule has 1 amide bonds. The molecule has 0 aromatic heterocycles. The van der Waals surface area contributed by atoms with Gasteiger partial charge in [-0.25, -0.2) is 4.99 Å². The van der Waals surface area contributed by atoms with Gasteiger partial charge >= 0.3 is 6.18 Å². The highest BCUT2D eigenvalue weighted by atomic mass is 19.4. The number of alkyl halides is 3. The molecule has 0 N–H and O–H groups in total. The molecule has 1 saturated heterocycles. The number of ether oxygens (including phenoxy) is 4. The van der Waals surface area contributed by atoms with E-state index < -0.39 is 11.7 Å². The number of aliphatic imine (C=N–C) groups is 1. The highest BCUT2D eigenvalue weighted by Gasteiger charge is 2.35. The summed E-state index contributed by atoms with van der Waals surface area (Å²) in [4.78, 5) is 21.8. The standard InChI is InChI=1S/C28H24F3N3O5/c1-16-14-33(9-10-34(16)27(35)17-3-6-24-25(11-17)38-15-37-24)26-20-13-19(36-2)5-8-22(20)39-23-7-4-18(28(29,30)31)12-21(23)32-26/h3-8,11-13,16H,9-10,14-15H2,1-2H3. The topological polar surface area (TPSA) is 72.8 Å². The minimum absolute atomic E-state index is 0.0708. The van der Waals surface area contributed by atoms with Crippen LogP contribution in [0.4, 0.5) is 18.9 Å². The zero-order valence-corrected chi connectivity index (χ0v) is 21.1. The number of halogens is 3. The minimum Gasteiger partial charge on any atom is -0.497 e. The SMILES string of the molecule is COc1ccc2c(c1)C(N1CCN(C(=O)c3ccc4c(c3)OCO4)C(C)C1)=Nc1cc(C(F)(F)F)ccc1O2. The van der Waals surface area contributed by atoms with E-state index in [0.29, 0.717) is 59.6 Å². The minimum atomic E-state index is -4.53. The van der Waals surface area contributed by atoms with Crippen LogP contribution in [0.1, 0.15) is 28.4 Å². The van der Waals surface area contributed by atoms with Crippen molar-refractivity contribution in [2.24, 2.45) is 4.99 Å². The van der Waals surface area contributed by atoms with Gasteiger partial charge in [0.1, 0.15) is 23.0 Å². The van der Waals surface area contributed by atoms with Crippen molar-refractivity contribution >= 4 is 17.4 Å². The second-order valence-electron chi connectivity index (χ2n) is 9.44. The molecular formula is C28H24F3N3O5. The molecule has 8 nitrogen and oxygen atoms in total. The molecule has 1 unspecified atom stereocenters. The van der Waals surface area contributed by atoms with Gasteiger partial charge in [-0.15, -0.1) is 0 Å². The van der Waals surface area contributed by atoms with Crippen LogP contribution in [0.25, 0.3) is 0 Å². The molecule has 1 fully saturated rings. The first-order valence-electron chi connectivity index (χ1n) is 12.3. The van der Waals surface area contributed by atoms with E-state index in [9.17, 15) is 18.0 Å². The van der Waals surface area contributed by atoms with E-state index in [-0.39, 0.29) is 30.2 Å². The third-order valence-corrected chi connectivity index (χ3v) is 6.97. The zero-order chi connectivity index (χ0) is 27.3. The van der Waals surface area contributed by atoms with Crippen LogP contribution >= 0.6 is 0 Å². The van der Waals surface area contributed by atoms with E-state index >= 15 is 0 Å². The maximum absolute atomic E-state index is 13.5. The van der Waals surface area contributed by atoms with Crippen molar-refractivity contribution in [3.05, 3.63) is 71.3 Å². The number of amides is 1. The first kappa shape index (κ1) is 24.9. The summed E-state index contributed by atoms with van der Waals surface area (Å²) in [6.45, 7) is 3.23. The van der Waals surface area contributed by atoms with Crippen LogP contribution in [-0.2, 0) is 6.18 Å². The molecule has 3 aromatic rings. The Bertz CT molecular complexity index is 1490. The Hall–Kier alpha value is -4.41. The Labute approximate surface area is 222 Å². The Morgan fingerprint density at radius 1 is 0.974 bits per heavy atom. The molecule has 39 heavy (non-hydrogen) atoms. The van der Waals surface area contributed by atoms with Crippen LogP contribution in [0, 0.1) is 0 Å². The fourth-order valence-electron chi connectivity index (χ4n) is 4.95. The molecule has 0 aliphatic carbocycles. The van der Waals surface area contributed by atoms with Gasteiger partial charge in [0.25, 0.3) is 5.91 Å². The summed E-state index contributed by atoms with van der Waals surface area (Å²) in [5, 5.41) is 0. The van der Waals surface area contributed by atoms with Gasteiger partial charge in [-0.1, -0.05) is 0 Å². The molecule has 202 valence electrons. The normalized spacial score (nSPS) is 18.0. The number of fused-ring (bicyclic) bond motifs is 3. The molecule has 6 rings (SSSR count). The summed E-state index contributed by atoms with van der Waals surface area (Å²) in [5.74, 6) is 2.65. The first-order chi connectivity index (χ1) is 18.7. The molecule has 3 heterocycles. The lowest BCUT2D eigenvalue weighted by Crippen LogP contribution is -2.55. The number of hydrogen-bond donors (Lipinski definition) is 0. The summed E-state index contributed by atoms with van der Waals surface area (Å²) in [5.41, 5.74) is 0.329. The van der Waals surface area contributed by atoms with Crippen molar-refractivity contribution in [1.29, 1.82) is 0 Å². The molecular weight excluding hydrogens is 515 g/mol. The quantitative estimate of drug-likeness (QED) is 0.430. The second kappa shape index (κ2) is 9.40. The highest BCUT2D eigenvalue weighted by Crippen LogP contribution is 2.43. The Morgan fingerprint density at radius 3 is 2.51 bits per heavy atom. The molecule has 1 atom stereocenters. The molecule has 0 spiro atoms. The van der Waals surface area contributed by atoms with Crippen LogP contribution in [0.15, 0.2) is 59.6 Å². The lowest BCUT2D eigenvalue weighted by atomic mass is 10.1. The van der Waals surface area contributed by atoms with E-state index in [1.807, 2.05) is 11.8 Å². The lowest BCUT2D eigenvalue weighted by Gasteiger charge is -2.41. The second-order valence-corrected chi connectivity index (χ2v) is 9.44. The van der Waals surface area contributed by atoms with Crippen LogP contribution in [0.5, 0.6) is 28.7 Å². The smallest absolute Gasteiger partial charge is 0.416 e. The zero-order valence-electron chi connectivity index (χ0n) is 21.1. The van der Waals surface area contributed by atoms with E-state index in [1.165, 1.54) is 13.2 Å². The molecule has 11 heteroatoms. The van der Waals surface area contributed by atoms with Crippen LogP contribution < -0.4 is 18.9 Å². The van der Waals surface area contributed by atoms with Gasteiger partial charge in [0.05, 0.1) is 18.2 Å². The maximum Gasteiger partial charge on any atom is 0.416 e. The van der Waals surface area contributed by atoms with E-state index in [0.717, 1.165) is 12.1 Å². The number of hydrogen-bond acceptors (Lipinski definition) is 7. The lowest BCUT2D eigenvalue weighted by molar-refractivity contribution is -0.137. The average Bonchev–Trinajstić information content (AvgIpc) is 3.33. The molecule has 0 bridgehead atoms. The summed E-state index contributed by atoms with van der Waals surface area (Å²) < 4.78 is 62.6. The third-order valence-electron chi connectivity index (χ3n) is 6.97. The molecule has 3 aliphatic rings. The van der Waals surface area contributed by atoms with Gasteiger partial charge in [0.15, 0.2) is 17.2 Å². The van der Waals surface area contributed by atoms with Crippen molar-refractivity contribution in [3.8, 4) is 28.7 Å². The number of piperazine rings is 1. The summed E-state index contributed by atoms with van der Waals surface area (Å²) in [6.07, 6.45) is -4.53. The van der Waals surface area contributed by atoms with Gasteiger partial charge in [0, 0.05) is 31.2 Å². The largest absolute Gasteiger partial charge is 0.497 e. The van der Waals surface area contributed by atoms with Crippen molar-refractivity contribution in [2.45, 2.75) is 19.1 Å². The Morgan fingerprint density at radius 2 is 1.74 bits per heavy atom. The van der Waals surface area contributed by atoms with Crippen molar-refractivity contribution in [3.63, 3.8) is 0 Å². The first-order valence-corrected chi connectivity index (χ1v) is 12.3. The number of amidine groups is 1. The van der Waals surface area contributed by atoms with E-state index in [4.69, 9.17) is 18.9 Å². The summed E-state index contributed by atoms with van der Waals surface area (Å²) in [7, 11) is 1.53. The van der Waals surface area contributed by atoms with E-state index in [2.05, 4.69) is 4.99 Å². The number of rotatable bonds is 2. The molecule has 0 radical (unpaired) electrons. The van der Waals surface area contributed by atoms with Gasteiger partial charge in [-0.05, 0) is 61.5 Å². The summed E-state index contributed by atoms with van der Waals surface area (Å²) >= 11 is 0. The number of carbonyl (C=O) groups excluding carboxylic acids is 1. The van der Waals surface area contributed by atoms with Gasteiger partial charge < -0.3 is 28.7 Å². The predicted molar refractivity (Wildman–Crippen MR) is 135 cm³/mol. The van der Waals surface area contributed by atoms with Crippen molar-refractivity contribution in [2.75, 3.05) is 33.5 Å². The van der Waals surface area contributed by atoms with Gasteiger partial charge in [-0.2, -0.15) is 13.2 Å². The number of nitrogens with zero attached hydrogens (tertiary/aromatic N) is 3. The van der Waals surface area contributed by atoms with Gasteiger partial charge in [0.2, 0.25) is 6.79 Å². The van der Waals surface area contributed by atoms with E-state index in [1.54, 1.807) is 41.3 Å². The number of carbonyl (C=O) groups is 1. The highest BCUT2D eigenvalue weighted by molar-refractivity contribution is 6.04. The monoisotopic (exact) mass is 539 g/mol. The average molecular weight is 540 g/mol. The number of methoxy groups -OCH3 is 1. The third kappa shape index (κ3) is 4.58. The summed E-state index contributed by atoms with van der Waals surface area (Å²) in [6, 6.07) is 13.3. The number of benzene rings is 3. The predicted octanol–water partition coefficient (Wildman–Crippen LogP) is 5.47. The van der Waals surface area contributed by atoms with Crippen LogP contribution in [0.2, 0.25) is 0 Å². The van der Waals surface area contributed by atoms with Crippen LogP contribution in [-0.4, -0.2) is 61.1 Å². The van der Waals surface area contributed by atoms with Crippen LogP contribution in [0.3, 0.4) is 0 Å². The maximum atomic E-state index is 13.5. The fraction of sp³-hybridized carbons (Fsp3) is 0.286. The Kier molecular flexibility index (Phi) is 6.00. The molecule has 0 saturated carbocycles. The Balaban J connectivity index is 1.33. The fourth-order valence-corrected chi connectivity index (χ4v) is 4.95. The van der Waals surface area contributed by atoms with Gasteiger partial charge in [-0.3, -0.25) is 4.79 Å².